The van der Waals surface area contributed by atoms with E-state index in [1.54, 1.807) is 6.07 Å². The number of nitrogens with zero attached hydrogens (tertiary/aromatic N) is 2. The van der Waals surface area contributed by atoms with Gasteiger partial charge in [-0.05, 0) is 44.0 Å². The molecule has 6 heteroatoms. The second-order valence-electron chi connectivity index (χ2n) is 4.25. The second kappa shape index (κ2) is 4.14. The van der Waals surface area contributed by atoms with Crippen molar-refractivity contribution in [3.63, 3.8) is 0 Å². The molecule has 18 heavy (non-hydrogen) atoms. The Balaban J connectivity index is 2.65. The Morgan fingerprint density at radius 1 is 1.22 bits per heavy atom. The summed E-state index contributed by atoms with van der Waals surface area (Å²) in [6.45, 7) is 5.40. The number of nitro groups is 1. The zero-order chi connectivity index (χ0) is 13.4. The Labute approximate surface area is 103 Å². The maximum atomic E-state index is 11.9. The van der Waals surface area contributed by atoms with Gasteiger partial charge in [0.25, 0.3) is 0 Å². The first-order valence-electron chi connectivity index (χ1n) is 5.45. The number of aryl methyl sites for hydroxylation is 3. The monoisotopic (exact) mass is 247 g/mol. The number of rotatable bonds is 2. The summed E-state index contributed by atoms with van der Waals surface area (Å²) < 4.78 is 1.19. The van der Waals surface area contributed by atoms with Gasteiger partial charge in [0.1, 0.15) is 5.69 Å². The molecular formula is C12H13N3O3. The molecule has 0 aliphatic carbocycles. The van der Waals surface area contributed by atoms with E-state index in [2.05, 4.69) is 5.10 Å². The smallest absolute Gasteiger partial charge is 0.288 e. The Morgan fingerprint density at radius 3 is 2.39 bits per heavy atom. The first-order chi connectivity index (χ1) is 8.41. The summed E-state index contributed by atoms with van der Waals surface area (Å²) in [5.41, 5.74) is 1.93. The van der Waals surface area contributed by atoms with Crippen LogP contribution < -0.4 is 5.56 Å². The summed E-state index contributed by atoms with van der Waals surface area (Å²) in [5.74, 6) is 0. The minimum atomic E-state index is -0.661. The highest BCUT2D eigenvalue weighted by Gasteiger charge is 2.22. The molecule has 1 aromatic carbocycles. The van der Waals surface area contributed by atoms with Crippen molar-refractivity contribution >= 4 is 5.69 Å². The lowest BCUT2D eigenvalue weighted by molar-refractivity contribution is -0.386. The molecule has 0 bridgehead atoms. The van der Waals surface area contributed by atoms with Gasteiger partial charge in [-0.3, -0.25) is 20.0 Å². The van der Waals surface area contributed by atoms with Crippen LogP contribution in [0.4, 0.5) is 5.69 Å². The van der Waals surface area contributed by atoms with Crippen molar-refractivity contribution in [2.75, 3.05) is 0 Å². The van der Waals surface area contributed by atoms with Gasteiger partial charge in [-0.25, -0.2) is 4.68 Å². The summed E-state index contributed by atoms with van der Waals surface area (Å²) in [6, 6.07) is 5.44. The number of hydrogen-bond acceptors (Lipinski definition) is 3. The number of nitrogens with one attached hydrogen (secondary N) is 1. The fourth-order valence-corrected chi connectivity index (χ4v) is 1.80. The maximum absolute atomic E-state index is 11.9. The van der Waals surface area contributed by atoms with Crippen LogP contribution in [0.1, 0.15) is 16.8 Å². The van der Waals surface area contributed by atoms with Crippen LogP contribution in [-0.2, 0) is 0 Å². The van der Waals surface area contributed by atoms with Crippen LogP contribution in [0, 0.1) is 30.9 Å². The first-order valence-corrected chi connectivity index (χ1v) is 5.45. The quantitative estimate of drug-likeness (QED) is 0.651. The average molecular weight is 247 g/mol. The predicted molar refractivity (Wildman–Crippen MR) is 67.3 cm³/mol. The third-order valence-corrected chi connectivity index (χ3v) is 2.97. The summed E-state index contributed by atoms with van der Waals surface area (Å²) in [5, 5.41) is 13.5. The van der Waals surface area contributed by atoms with Gasteiger partial charge in [0, 0.05) is 0 Å². The van der Waals surface area contributed by atoms with E-state index in [0.717, 1.165) is 11.1 Å². The first kappa shape index (κ1) is 12.1. The molecule has 0 amide bonds. The SMILES string of the molecule is Cc1ccc(-n2[nH]c(C)c([N+](=O)[O-])c2=O)cc1C. The average Bonchev–Trinajstić information content (AvgIpc) is 2.58. The third kappa shape index (κ3) is 1.81. The van der Waals surface area contributed by atoms with Crippen LogP contribution in [0.3, 0.4) is 0 Å². The van der Waals surface area contributed by atoms with Gasteiger partial charge in [0.2, 0.25) is 0 Å². The molecule has 0 saturated carbocycles. The van der Waals surface area contributed by atoms with Crippen LogP contribution >= 0.6 is 0 Å². The van der Waals surface area contributed by atoms with Crippen molar-refractivity contribution in [2.45, 2.75) is 20.8 Å². The Kier molecular flexibility index (Phi) is 2.78. The van der Waals surface area contributed by atoms with Gasteiger partial charge in [-0.2, -0.15) is 0 Å². The largest absolute Gasteiger partial charge is 0.356 e. The van der Waals surface area contributed by atoms with Crippen molar-refractivity contribution in [1.29, 1.82) is 0 Å². The zero-order valence-electron chi connectivity index (χ0n) is 10.4. The van der Waals surface area contributed by atoms with Crippen molar-refractivity contribution < 1.29 is 4.92 Å². The van der Waals surface area contributed by atoms with Crippen LogP contribution in [0.25, 0.3) is 5.69 Å². The molecule has 0 unspecified atom stereocenters. The molecule has 0 saturated heterocycles. The lowest BCUT2D eigenvalue weighted by Crippen LogP contribution is -2.16. The summed E-state index contributed by atoms with van der Waals surface area (Å²) >= 11 is 0. The van der Waals surface area contributed by atoms with Crippen LogP contribution in [0.5, 0.6) is 0 Å². The molecular weight excluding hydrogens is 234 g/mol. The summed E-state index contributed by atoms with van der Waals surface area (Å²) in [7, 11) is 0. The van der Waals surface area contributed by atoms with Crippen LogP contribution in [0.15, 0.2) is 23.0 Å². The zero-order valence-corrected chi connectivity index (χ0v) is 10.4. The minimum absolute atomic E-state index is 0.253. The van der Waals surface area contributed by atoms with Gasteiger partial charge < -0.3 is 0 Å². The van der Waals surface area contributed by atoms with E-state index < -0.39 is 16.2 Å². The molecule has 94 valence electrons. The number of H-pyrrole nitrogens is 1. The van der Waals surface area contributed by atoms with Gasteiger partial charge in [0.15, 0.2) is 0 Å². The topological polar surface area (TPSA) is 80.9 Å². The molecule has 0 aliphatic rings. The molecule has 0 atom stereocenters. The van der Waals surface area contributed by atoms with Gasteiger partial charge in [-0.1, -0.05) is 6.07 Å². The maximum Gasteiger partial charge on any atom is 0.356 e. The molecule has 1 heterocycles. The highest BCUT2D eigenvalue weighted by molar-refractivity contribution is 5.42. The van der Waals surface area contributed by atoms with Gasteiger partial charge in [0.05, 0.1) is 10.6 Å². The fraction of sp³-hybridized carbons (Fsp3) is 0.250. The number of aromatic amines is 1. The minimum Gasteiger partial charge on any atom is -0.288 e. The highest BCUT2D eigenvalue weighted by Crippen LogP contribution is 2.15. The predicted octanol–water partition coefficient (Wildman–Crippen LogP) is 2.00. The standard InChI is InChI=1S/C12H13N3O3/c1-7-4-5-10(6-8(7)2)14-12(16)11(15(17)18)9(3)13-14/h4-6,13H,1-3H3. The molecule has 0 aliphatic heterocycles. The molecule has 0 radical (unpaired) electrons. The number of benzene rings is 1. The number of hydrogen-bond donors (Lipinski definition) is 1. The van der Waals surface area contributed by atoms with E-state index in [1.807, 2.05) is 26.0 Å². The van der Waals surface area contributed by atoms with Crippen molar-refractivity contribution in [2.24, 2.45) is 0 Å². The van der Waals surface area contributed by atoms with Gasteiger partial charge in [-0.15, -0.1) is 0 Å². The van der Waals surface area contributed by atoms with Crippen LogP contribution in [-0.4, -0.2) is 14.7 Å². The van der Waals surface area contributed by atoms with E-state index in [9.17, 15) is 14.9 Å². The Bertz CT molecular complexity index is 682. The third-order valence-electron chi connectivity index (χ3n) is 2.97. The van der Waals surface area contributed by atoms with Crippen molar-refractivity contribution in [3.05, 3.63) is 55.5 Å². The lowest BCUT2D eigenvalue weighted by atomic mass is 10.1. The molecule has 0 spiro atoms. The van der Waals surface area contributed by atoms with E-state index in [0.29, 0.717) is 5.69 Å². The second-order valence-corrected chi connectivity index (χ2v) is 4.25. The van der Waals surface area contributed by atoms with Crippen LogP contribution in [0.2, 0.25) is 0 Å². The lowest BCUT2D eigenvalue weighted by Gasteiger charge is -2.04. The van der Waals surface area contributed by atoms with Gasteiger partial charge >= 0.3 is 11.2 Å². The van der Waals surface area contributed by atoms with E-state index in [-0.39, 0.29) is 5.69 Å². The fourth-order valence-electron chi connectivity index (χ4n) is 1.80. The van der Waals surface area contributed by atoms with E-state index in [1.165, 1.54) is 11.6 Å². The normalized spacial score (nSPS) is 10.6. The summed E-state index contributed by atoms with van der Waals surface area (Å²) in [6.07, 6.45) is 0. The molecule has 2 rings (SSSR count). The van der Waals surface area contributed by atoms with Crippen molar-refractivity contribution in [3.8, 4) is 5.69 Å². The molecule has 1 N–H and O–H groups in total. The molecule has 1 aromatic heterocycles. The van der Waals surface area contributed by atoms with E-state index in [4.69, 9.17) is 0 Å². The number of aromatic nitrogens is 2. The summed E-state index contributed by atoms with van der Waals surface area (Å²) in [4.78, 5) is 22.0. The Morgan fingerprint density at radius 2 is 1.89 bits per heavy atom. The molecule has 0 fully saturated rings. The van der Waals surface area contributed by atoms with E-state index >= 15 is 0 Å². The Hall–Kier alpha value is -2.37. The van der Waals surface area contributed by atoms with Crippen molar-refractivity contribution in [1.82, 2.24) is 9.78 Å². The molecule has 6 nitrogen and oxygen atoms in total. The molecule has 2 aromatic rings. The highest BCUT2D eigenvalue weighted by atomic mass is 16.6.